The molecule has 10 nitrogen and oxygen atoms in total. The van der Waals surface area contributed by atoms with Crippen LogP contribution in [0, 0.1) is 0 Å². The predicted octanol–water partition coefficient (Wildman–Crippen LogP) is 4.43. The Hall–Kier alpha value is -4.74. The molecule has 0 bridgehead atoms. The van der Waals surface area contributed by atoms with Crippen molar-refractivity contribution in [1.29, 1.82) is 0 Å². The standard InChI is InChI=1S/C30H29N5O5S/c1-38-18-26(36)32-23-17-21(12-13-25(23)39-2)35-28(27(33-30(35)41)22-10-4-5-14-31-22)24-11-7-15-34(24)20-9-6-8-19(16-20)29(37)40-3/h4-17,27-28H,18H2,1-3H3,(H,32,36)(H,33,41). The SMILES string of the molecule is COCC(=O)Nc1cc(N2C(=S)NC(c3ccccn3)C2c2cccn2-c2cccc(C(=O)OC)c2)ccc1OC. The monoisotopic (exact) mass is 571 g/mol. The van der Waals surface area contributed by atoms with Gasteiger partial charge in [0.05, 0.1) is 37.2 Å². The molecule has 2 aromatic carbocycles. The quantitative estimate of drug-likeness (QED) is 0.223. The fraction of sp³-hybridized carbons (Fsp3) is 0.200. The molecule has 1 aliphatic heterocycles. The largest absolute Gasteiger partial charge is 0.495 e. The number of ether oxygens (including phenoxy) is 3. The highest BCUT2D eigenvalue weighted by Gasteiger charge is 2.42. The number of nitrogens with one attached hydrogen (secondary N) is 2. The van der Waals surface area contributed by atoms with Gasteiger partial charge >= 0.3 is 5.97 Å². The number of benzene rings is 2. The number of hydrogen-bond donors (Lipinski definition) is 2. The Morgan fingerprint density at radius 2 is 1.85 bits per heavy atom. The Morgan fingerprint density at radius 1 is 1.00 bits per heavy atom. The number of anilines is 2. The second kappa shape index (κ2) is 12.2. The number of thiocarbonyl (C=S) groups is 1. The van der Waals surface area contributed by atoms with Crippen LogP contribution in [0.5, 0.6) is 5.75 Å². The van der Waals surface area contributed by atoms with Gasteiger partial charge < -0.3 is 34.3 Å². The number of esters is 1. The zero-order chi connectivity index (χ0) is 28.9. The minimum atomic E-state index is -0.418. The van der Waals surface area contributed by atoms with Crippen LogP contribution in [0.1, 0.15) is 33.8 Å². The molecule has 2 N–H and O–H groups in total. The van der Waals surface area contributed by atoms with Crippen molar-refractivity contribution in [2.75, 3.05) is 38.2 Å². The first-order valence-electron chi connectivity index (χ1n) is 12.8. The van der Waals surface area contributed by atoms with E-state index in [1.54, 1.807) is 24.4 Å². The molecule has 11 heteroatoms. The third-order valence-corrected chi connectivity index (χ3v) is 7.05. The second-order valence-corrected chi connectivity index (χ2v) is 9.59. The maximum absolute atomic E-state index is 12.4. The van der Waals surface area contributed by atoms with Gasteiger partial charge in [-0.15, -0.1) is 0 Å². The topological polar surface area (TPSA) is 107 Å². The summed E-state index contributed by atoms with van der Waals surface area (Å²) in [5, 5.41) is 6.79. The first-order valence-corrected chi connectivity index (χ1v) is 13.2. The van der Waals surface area contributed by atoms with E-state index in [4.69, 9.17) is 26.4 Å². The van der Waals surface area contributed by atoms with Gasteiger partial charge in [0.15, 0.2) is 5.11 Å². The number of rotatable bonds is 9. The molecule has 210 valence electrons. The third kappa shape index (κ3) is 5.63. The van der Waals surface area contributed by atoms with E-state index in [1.165, 1.54) is 21.3 Å². The molecule has 5 rings (SSSR count). The van der Waals surface area contributed by atoms with Gasteiger partial charge in [0, 0.05) is 36.6 Å². The van der Waals surface area contributed by atoms with Gasteiger partial charge in [-0.1, -0.05) is 12.1 Å². The van der Waals surface area contributed by atoms with Crippen molar-refractivity contribution < 1.29 is 23.8 Å². The van der Waals surface area contributed by atoms with Crippen LogP contribution in [-0.2, 0) is 14.3 Å². The molecule has 1 saturated heterocycles. The van der Waals surface area contributed by atoms with E-state index < -0.39 is 5.97 Å². The predicted molar refractivity (Wildman–Crippen MR) is 159 cm³/mol. The van der Waals surface area contributed by atoms with Crippen molar-refractivity contribution in [1.82, 2.24) is 14.9 Å². The smallest absolute Gasteiger partial charge is 0.337 e. The summed E-state index contributed by atoms with van der Waals surface area (Å²) in [6.07, 6.45) is 3.68. The number of amides is 1. The number of hydrogen-bond acceptors (Lipinski definition) is 7. The first-order chi connectivity index (χ1) is 19.9. The molecule has 1 aliphatic rings. The van der Waals surface area contributed by atoms with Crippen LogP contribution in [0.2, 0.25) is 0 Å². The highest BCUT2D eigenvalue weighted by molar-refractivity contribution is 7.80. The van der Waals surface area contributed by atoms with Gasteiger partial charge in [0.1, 0.15) is 18.4 Å². The molecule has 3 heterocycles. The van der Waals surface area contributed by atoms with Crippen molar-refractivity contribution in [3.63, 3.8) is 0 Å². The molecule has 2 unspecified atom stereocenters. The number of carbonyl (C=O) groups excluding carboxylic acids is 2. The van der Waals surface area contributed by atoms with Crippen molar-refractivity contribution in [3.8, 4) is 11.4 Å². The van der Waals surface area contributed by atoms with E-state index in [0.29, 0.717) is 22.1 Å². The van der Waals surface area contributed by atoms with Crippen molar-refractivity contribution in [3.05, 3.63) is 102 Å². The van der Waals surface area contributed by atoms with Crippen LogP contribution in [0.25, 0.3) is 5.69 Å². The average Bonchev–Trinajstić information content (AvgIpc) is 3.61. The highest BCUT2D eigenvalue weighted by atomic mass is 32.1. The molecule has 0 spiro atoms. The van der Waals surface area contributed by atoms with Gasteiger partial charge in [-0.3, -0.25) is 9.78 Å². The van der Waals surface area contributed by atoms with Gasteiger partial charge in [0.2, 0.25) is 5.91 Å². The Balaban J connectivity index is 1.63. The molecular formula is C30H29N5O5S. The lowest BCUT2D eigenvalue weighted by atomic mass is 10.0. The zero-order valence-electron chi connectivity index (χ0n) is 22.7. The summed E-state index contributed by atoms with van der Waals surface area (Å²) in [5.74, 6) is -0.233. The Bertz CT molecular complexity index is 1570. The van der Waals surface area contributed by atoms with Crippen LogP contribution in [-0.4, -0.2) is 54.5 Å². The Morgan fingerprint density at radius 3 is 2.59 bits per heavy atom. The molecule has 2 aromatic heterocycles. The fourth-order valence-corrected chi connectivity index (χ4v) is 5.31. The lowest BCUT2D eigenvalue weighted by Gasteiger charge is -2.29. The van der Waals surface area contributed by atoms with Crippen molar-refractivity contribution in [2.24, 2.45) is 0 Å². The van der Waals surface area contributed by atoms with Crippen molar-refractivity contribution >= 4 is 40.6 Å². The summed E-state index contributed by atoms with van der Waals surface area (Å²) in [5.41, 5.74) is 4.14. The van der Waals surface area contributed by atoms with E-state index in [1.807, 2.05) is 70.3 Å². The number of nitrogens with zero attached hydrogens (tertiary/aromatic N) is 3. The summed E-state index contributed by atoms with van der Waals surface area (Å²) in [4.78, 5) is 31.3. The molecule has 2 atom stereocenters. The van der Waals surface area contributed by atoms with E-state index in [9.17, 15) is 9.59 Å². The molecule has 1 amide bonds. The zero-order valence-corrected chi connectivity index (χ0v) is 23.6. The van der Waals surface area contributed by atoms with E-state index >= 15 is 0 Å². The molecule has 0 saturated carbocycles. The maximum atomic E-state index is 12.4. The van der Waals surface area contributed by atoms with Crippen LogP contribution in [0.15, 0.2) is 85.2 Å². The van der Waals surface area contributed by atoms with Gasteiger partial charge in [-0.25, -0.2) is 4.79 Å². The Kier molecular flexibility index (Phi) is 8.27. The lowest BCUT2D eigenvalue weighted by molar-refractivity contribution is -0.119. The Labute approximate surface area is 242 Å². The van der Waals surface area contributed by atoms with Gasteiger partial charge in [0.25, 0.3) is 0 Å². The molecule has 0 aliphatic carbocycles. The summed E-state index contributed by atoms with van der Waals surface area (Å²) in [6.45, 7) is -0.0976. The average molecular weight is 572 g/mol. The van der Waals surface area contributed by atoms with E-state index in [-0.39, 0.29) is 24.6 Å². The minimum absolute atomic E-state index is 0.0976. The molecular weight excluding hydrogens is 542 g/mol. The molecule has 0 radical (unpaired) electrons. The number of aromatic nitrogens is 2. The summed E-state index contributed by atoms with van der Waals surface area (Å²) >= 11 is 5.89. The van der Waals surface area contributed by atoms with Gasteiger partial charge in [-0.2, -0.15) is 0 Å². The lowest BCUT2D eigenvalue weighted by Crippen LogP contribution is -2.30. The third-order valence-electron chi connectivity index (χ3n) is 6.74. The molecule has 4 aromatic rings. The van der Waals surface area contributed by atoms with Crippen LogP contribution in [0.4, 0.5) is 11.4 Å². The van der Waals surface area contributed by atoms with Crippen LogP contribution < -0.4 is 20.3 Å². The maximum Gasteiger partial charge on any atom is 0.337 e. The molecule has 41 heavy (non-hydrogen) atoms. The summed E-state index contributed by atoms with van der Waals surface area (Å²) < 4.78 is 17.4. The second-order valence-electron chi connectivity index (χ2n) is 9.21. The minimum Gasteiger partial charge on any atom is -0.495 e. The van der Waals surface area contributed by atoms with Crippen LogP contribution in [0.3, 0.4) is 0 Å². The summed E-state index contributed by atoms with van der Waals surface area (Å²) in [7, 11) is 4.36. The number of methoxy groups -OCH3 is 3. The van der Waals surface area contributed by atoms with Crippen molar-refractivity contribution in [2.45, 2.75) is 12.1 Å². The number of pyridine rings is 1. The summed E-state index contributed by atoms with van der Waals surface area (Å²) in [6, 6.07) is 21.8. The van der Waals surface area contributed by atoms with E-state index in [0.717, 1.165) is 22.8 Å². The molecule has 1 fully saturated rings. The number of carbonyl (C=O) groups is 2. The van der Waals surface area contributed by atoms with E-state index in [2.05, 4.69) is 15.6 Å². The highest BCUT2D eigenvalue weighted by Crippen LogP contribution is 2.43. The fourth-order valence-electron chi connectivity index (χ4n) is 4.97. The normalized spacial score (nSPS) is 16.3. The van der Waals surface area contributed by atoms with Crippen LogP contribution >= 0.6 is 12.2 Å². The van der Waals surface area contributed by atoms with Gasteiger partial charge in [-0.05, 0) is 72.9 Å². The first kappa shape index (κ1) is 27.8.